The Labute approximate surface area is 142 Å². The first-order valence-electron chi connectivity index (χ1n) is 6.02. The van der Waals surface area contributed by atoms with Crippen molar-refractivity contribution in [1.82, 2.24) is 9.13 Å². The number of benzene rings is 1. The van der Waals surface area contributed by atoms with Gasteiger partial charge < -0.3 is 0 Å². The first-order chi connectivity index (χ1) is 9.49. The summed E-state index contributed by atoms with van der Waals surface area (Å²) in [6.07, 6.45) is 0. The molecule has 0 fully saturated rings. The van der Waals surface area contributed by atoms with Crippen LogP contribution in [0.5, 0.6) is 0 Å². The molecule has 1 atom stereocenters. The Morgan fingerprint density at radius 1 is 1.15 bits per heavy atom. The second kappa shape index (κ2) is 5.31. The summed E-state index contributed by atoms with van der Waals surface area (Å²) < 4.78 is 4.64. The van der Waals surface area contributed by atoms with Gasteiger partial charge in [0.05, 0.1) is 18.7 Å². The largest absolute Gasteiger partial charge is 0.328 e. The van der Waals surface area contributed by atoms with Gasteiger partial charge in [0.25, 0.3) is 0 Å². The molecule has 0 aliphatic carbocycles. The van der Waals surface area contributed by atoms with Gasteiger partial charge in [-0.1, -0.05) is 22.0 Å². The zero-order valence-electron chi connectivity index (χ0n) is 10.9. The molecule has 0 N–H and O–H groups in total. The highest BCUT2D eigenvalue weighted by molar-refractivity contribution is 14.1. The molecule has 2 heterocycles. The Morgan fingerprint density at radius 3 is 2.50 bits per heavy atom. The van der Waals surface area contributed by atoms with Crippen LogP contribution >= 0.6 is 49.9 Å². The SMILES string of the molecule is Cn1c(=O)n(C)c2cc(C(Br)c3csc(I)c3)ccc21. The number of thiophene rings is 1. The summed E-state index contributed by atoms with van der Waals surface area (Å²) in [5, 5.41) is 2.16. The van der Waals surface area contributed by atoms with E-state index in [2.05, 4.69) is 62.1 Å². The minimum absolute atomic E-state index is 0.00774. The fraction of sp³-hybridized carbons (Fsp3) is 0.214. The van der Waals surface area contributed by atoms with E-state index in [0.29, 0.717) is 0 Å². The number of fused-ring (bicyclic) bond motifs is 1. The average Bonchev–Trinajstić information content (AvgIpc) is 2.97. The number of hydrogen-bond acceptors (Lipinski definition) is 2. The molecular formula is C14H12BrIN2OS. The van der Waals surface area contributed by atoms with Crippen LogP contribution in [0.1, 0.15) is 16.0 Å². The van der Waals surface area contributed by atoms with E-state index in [0.717, 1.165) is 16.6 Å². The van der Waals surface area contributed by atoms with E-state index >= 15 is 0 Å². The maximum atomic E-state index is 12.0. The molecule has 0 amide bonds. The van der Waals surface area contributed by atoms with Gasteiger partial charge in [-0.05, 0) is 57.3 Å². The minimum atomic E-state index is 0.00774. The smallest absolute Gasteiger partial charge is 0.295 e. The Morgan fingerprint density at radius 2 is 1.85 bits per heavy atom. The van der Waals surface area contributed by atoms with Crippen molar-refractivity contribution in [3.63, 3.8) is 0 Å². The van der Waals surface area contributed by atoms with E-state index in [9.17, 15) is 4.79 Å². The molecule has 2 aromatic heterocycles. The van der Waals surface area contributed by atoms with Crippen molar-refractivity contribution in [2.45, 2.75) is 4.83 Å². The third-order valence-electron chi connectivity index (χ3n) is 3.47. The maximum Gasteiger partial charge on any atom is 0.328 e. The van der Waals surface area contributed by atoms with Crippen LogP contribution in [0.25, 0.3) is 11.0 Å². The van der Waals surface area contributed by atoms with Crippen molar-refractivity contribution in [3.05, 3.63) is 54.1 Å². The van der Waals surface area contributed by atoms with E-state index in [1.54, 1.807) is 27.5 Å². The Kier molecular flexibility index (Phi) is 3.81. The Bertz CT molecular complexity index is 849. The average molecular weight is 463 g/mol. The first-order valence-corrected chi connectivity index (χ1v) is 8.90. The fourth-order valence-electron chi connectivity index (χ4n) is 2.33. The number of alkyl halides is 1. The molecule has 3 aromatic rings. The summed E-state index contributed by atoms with van der Waals surface area (Å²) >= 11 is 7.82. The lowest BCUT2D eigenvalue weighted by Gasteiger charge is -2.09. The Balaban J connectivity index is 2.14. The van der Waals surface area contributed by atoms with Crippen LogP contribution in [0.3, 0.4) is 0 Å². The number of hydrogen-bond donors (Lipinski definition) is 0. The van der Waals surface area contributed by atoms with Gasteiger partial charge in [-0.2, -0.15) is 0 Å². The summed E-state index contributed by atoms with van der Waals surface area (Å²) in [5.41, 5.74) is 4.34. The number of nitrogens with zero attached hydrogens (tertiary/aromatic N) is 2. The zero-order chi connectivity index (χ0) is 14.4. The molecule has 3 nitrogen and oxygen atoms in total. The van der Waals surface area contributed by atoms with Gasteiger partial charge in [0.15, 0.2) is 0 Å². The quantitative estimate of drug-likeness (QED) is 0.417. The third-order valence-corrected chi connectivity index (χ3v) is 6.33. The number of aromatic nitrogens is 2. The lowest BCUT2D eigenvalue weighted by atomic mass is 10.1. The van der Waals surface area contributed by atoms with Crippen LogP contribution in [0.2, 0.25) is 0 Å². The predicted molar refractivity (Wildman–Crippen MR) is 96.0 cm³/mol. The molecular weight excluding hydrogens is 451 g/mol. The van der Waals surface area contributed by atoms with Crippen LogP contribution < -0.4 is 5.69 Å². The summed E-state index contributed by atoms with van der Waals surface area (Å²) in [6.45, 7) is 0. The maximum absolute atomic E-state index is 12.0. The number of halogens is 2. The second-order valence-corrected chi connectivity index (χ2v) is 8.42. The van der Waals surface area contributed by atoms with Crippen molar-refractivity contribution >= 4 is 60.9 Å². The van der Waals surface area contributed by atoms with Crippen molar-refractivity contribution < 1.29 is 0 Å². The van der Waals surface area contributed by atoms with Crippen LogP contribution in [0.15, 0.2) is 34.4 Å². The van der Waals surface area contributed by atoms with E-state index in [-0.39, 0.29) is 10.5 Å². The highest BCUT2D eigenvalue weighted by Crippen LogP contribution is 2.35. The van der Waals surface area contributed by atoms with E-state index in [1.807, 2.05) is 13.1 Å². The number of rotatable bonds is 2. The third kappa shape index (κ3) is 2.27. The zero-order valence-corrected chi connectivity index (χ0v) is 15.5. The molecule has 0 bridgehead atoms. The van der Waals surface area contributed by atoms with Crippen molar-refractivity contribution in [2.75, 3.05) is 0 Å². The van der Waals surface area contributed by atoms with Crippen molar-refractivity contribution in [1.29, 1.82) is 0 Å². The molecule has 0 saturated heterocycles. The highest BCUT2D eigenvalue weighted by atomic mass is 127. The number of aryl methyl sites for hydroxylation is 2. The van der Waals surface area contributed by atoms with Gasteiger partial charge in [0.1, 0.15) is 0 Å². The number of imidazole rings is 1. The Hall–Kier alpha value is -0.600. The summed E-state index contributed by atoms with van der Waals surface area (Å²) in [7, 11) is 3.61. The molecule has 1 aromatic carbocycles. The molecule has 20 heavy (non-hydrogen) atoms. The van der Waals surface area contributed by atoms with Crippen LogP contribution in [-0.2, 0) is 14.1 Å². The van der Waals surface area contributed by atoms with Crippen molar-refractivity contribution in [3.8, 4) is 0 Å². The molecule has 3 rings (SSSR count). The molecule has 0 aliphatic heterocycles. The van der Waals surface area contributed by atoms with Crippen LogP contribution in [0.4, 0.5) is 0 Å². The van der Waals surface area contributed by atoms with Crippen LogP contribution in [-0.4, -0.2) is 9.13 Å². The molecule has 6 heteroatoms. The second-order valence-electron chi connectivity index (χ2n) is 4.70. The molecule has 0 spiro atoms. The lowest BCUT2D eigenvalue weighted by molar-refractivity contribution is 0.795. The van der Waals surface area contributed by atoms with Gasteiger partial charge in [0, 0.05) is 14.1 Å². The first kappa shape index (κ1) is 14.3. The lowest BCUT2D eigenvalue weighted by Crippen LogP contribution is -2.19. The fourth-order valence-corrected chi connectivity index (χ4v) is 4.45. The summed E-state index contributed by atoms with van der Waals surface area (Å²) in [5.74, 6) is 0. The molecule has 104 valence electrons. The summed E-state index contributed by atoms with van der Waals surface area (Å²) in [4.78, 5) is 12.1. The normalized spacial score (nSPS) is 13.0. The van der Waals surface area contributed by atoms with E-state index in [1.165, 1.54) is 8.45 Å². The predicted octanol–water partition coefficient (Wildman–Crippen LogP) is 4.03. The van der Waals surface area contributed by atoms with Gasteiger partial charge in [0.2, 0.25) is 0 Å². The van der Waals surface area contributed by atoms with Gasteiger partial charge in [-0.25, -0.2) is 4.79 Å². The topological polar surface area (TPSA) is 26.9 Å². The van der Waals surface area contributed by atoms with E-state index < -0.39 is 0 Å². The molecule has 1 unspecified atom stereocenters. The van der Waals surface area contributed by atoms with Crippen LogP contribution in [0, 0.1) is 2.88 Å². The van der Waals surface area contributed by atoms with E-state index in [4.69, 9.17) is 0 Å². The minimum Gasteiger partial charge on any atom is -0.295 e. The van der Waals surface area contributed by atoms with Gasteiger partial charge >= 0.3 is 5.69 Å². The monoisotopic (exact) mass is 462 g/mol. The molecule has 0 saturated carbocycles. The molecule has 0 radical (unpaired) electrons. The van der Waals surface area contributed by atoms with Gasteiger partial charge in [-0.15, -0.1) is 11.3 Å². The highest BCUT2D eigenvalue weighted by Gasteiger charge is 2.15. The molecule has 0 aliphatic rings. The standard InChI is InChI=1S/C14H12BrIN2OS/c1-17-10-4-3-8(5-11(10)18(2)14(17)19)13(15)9-6-12(16)20-7-9/h3-7,13H,1-2H3. The summed E-state index contributed by atoms with van der Waals surface area (Å²) in [6, 6.07) is 8.35. The van der Waals surface area contributed by atoms with Crippen molar-refractivity contribution in [2.24, 2.45) is 14.1 Å². The van der Waals surface area contributed by atoms with Gasteiger partial charge in [-0.3, -0.25) is 9.13 Å².